The lowest BCUT2D eigenvalue weighted by atomic mass is 10.2. The SMILES string of the molecule is COC(=O)c1cccnc1NCCCN. The van der Waals surface area contributed by atoms with Gasteiger partial charge in [-0.3, -0.25) is 0 Å². The van der Waals surface area contributed by atoms with E-state index in [4.69, 9.17) is 5.73 Å². The van der Waals surface area contributed by atoms with Gasteiger partial charge >= 0.3 is 5.97 Å². The third-order valence-electron chi connectivity index (χ3n) is 1.89. The first-order valence-electron chi connectivity index (χ1n) is 4.77. The van der Waals surface area contributed by atoms with Crippen LogP contribution in [-0.4, -0.2) is 31.2 Å². The largest absolute Gasteiger partial charge is 0.465 e. The number of rotatable bonds is 5. The Balaban J connectivity index is 2.73. The Morgan fingerprint density at radius 1 is 1.67 bits per heavy atom. The number of hydrogen-bond donors (Lipinski definition) is 2. The van der Waals surface area contributed by atoms with Gasteiger partial charge in [0, 0.05) is 12.7 Å². The fourth-order valence-electron chi connectivity index (χ4n) is 1.13. The van der Waals surface area contributed by atoms with Gasteiger partial charge in [0.2, 0.25) is 0 Å². The van der Waals surface area contributed by atoms with E-state index in [2.05, 4.69) is 15.0 Å². The van der Waals surface area contributed by atoms with E-state index in [9.17, 15) is 4.79 Å². The first-order valence-corrected chi connectivity index (χ1v) is 4.77. The maximum Gasteiger partial charge on any atom is 0.341 e. The molecule has 0 fully saturated rings. The van der Waals surface area contributed by atoms with Crippen molar-refractivity contribution in [1.29, 1.82) is 0 Å². The first-order chi connectivity index (χ1) is 7.29. The molecule has 0 aromatic carbocycles. The van der Waals surface area contributed by atoms with Crippen molar-refractivity contribution < 1.29 is 9.53 Å². The Hall–Kier alpha value is -1.62. The summed E-state index contributed by atoms with van der Waals surface area (Å²) in [5, 5.41) is 3.04. The normalized spacial score (nSPS) is 9.73. The van der Waals surface area contributed by atoms with Crippen LogP contribution in [0.2, 0.25) is 0 Å². The lowest BCUT2D eigenvalue weighted by Crippen LogP contribution is -2.13. The Morgan fingerprint density at radius 2 is 2.47 bits per heavy atom. The smallest absolute Gasteiger partial charge is 0.341 e. The average Bonchev–Trinajstić information content (AvgIpc) is 2.29. The van der Waals surface area contributed by atoms with Gasteiger partial charge in [0.15, 0.2) is 0 Å². The molecule has 0 unspecified atom stereocenters. The number of nitrogens with two attached hydrogens (primary N) is 1. The number of anilines is 1. The number of carbonyl (C=O) groups is 1. The molecule has 0 bridgehead atoms. The molecule has 0 aliphatic rings. The Morgan fingerprint density at radius 3 is 3.13 bits per heavy atom. The van der Waals surface area contributed by atoms with Crippen LogP contribution in [-0.2, 0) is 4.74 Å². The van der Waals surface area contributed by atoms with Crippen LogP contribution in [0, 0.1) is 0 Å². The average molecular weight is 209 g/mol. The fourth-order valence-corrected chi connectivity index (χ4v) is 1.13. The molecule has 82 valence electrons. The van der Waals surface area contributed by atoms with Crippen LogP contribution < -0.4 is 11.1 Å². The summed E-state index contributed by atoms with van der Waals surface area (Å²) in [6.07, 6.45) is 2.45. The highest BCUT2D eigenvalue weighted by Gasteiger charge is 2.11. The van der Waals surface area contributed by atoms with Crippen molar-refractivity contribution >= 4 is 11.8 Å². The molecule has 1 rings (SSSR count). The number of hydrogen-bond acceptors (Lipinski definition) is 5. The highest BCUT2D eigenvalue weighted by atomic mass is 16.5. The number of ether oxygens (including phenoxy) is 1. The van der Waals surface area contributed by atoms with E-state index in [1.165, 1.54) is 7.11 Å². The number of esters is 1. The second-order valence-electron chi connectivity index (χ2n) is 2.96. The minimum absolute atomic E-state index is 0.390. The highest BCUT2D eigenvalue weighted by Crippen LogP contribution is 2.12. The third-order valence-corrected chi connectivity index (χ3v) is 1.89. The summed E-state index contributed by atoms with van der Waals surface area (Å²) in [7, 11) is 1.35. The highest BCUT2D eigenvalue weighted by molar-refractivity contribution is 5.94. The number of nitrogens with one attached hydrogen (secondary N) is 1. The van der Waals surface area contributed by atoms with Crippen LogP contribution in [0.15, 0.2) is 18.3 Å². The van der Waals surface area contributed by atoms with Crippen molar-refractivity contribution in [3.05, 3.63) is 23.9 Å². The Labute approximate surface area is 88.6 Å². The zero-order valence-corrected chi connectivity index (χ0v) is 8.69. The van der Waals surface area contributed by atoms with Crippen LogP contribution >= 0.6 is 0 Å². The zero-order chi connectivity index (χ0) is 11.1. The van der Waals surface area contributed by atoms with Crippen molar-refractivity contribution in [2.45, 2.75) is 6.42 Å². The quantitative estimate of drug-likeness (QED) is 0.549. The van der Waals surface area contributed by atoms with Gasteiger partial charge in [-0.15, -0.1) is 0 Å². The fraction of sp³-hybridized carbons (Fsp3) is 0.400. The van der Waals surface area contributed by atoms with Gasteiger partial charge in [-0.1, -0.05) is 0 Å². The number of carbonyl (C=O) groups excluding carboxylic acids is 1. The van der Waals surface area contributed by atoms with Crippen molar-refractivity contribution in [2.75, 3.05) is 25.5 Å². The molecule has 0 radical (unpaired) electrons. The third kappa shape index (κ3) is 3.21. The van der Waals surface area contributed by atoms with E-state index < -0.39 is 5.97 Å². The van der Waals surface area contributed by atoms with Crippen LogP contribution in [0.3, 0.4) is 0 Å². The molecule has 0 spiro atoms. The van der Waals surface area contributed by atoms with E-state index >= 15 is 0 Å². The maximum atomic E-state index is 11.3. The predicted molar refractivity (Wildman–Crippen MR) is 57.7 cm³/mol. The molecule has 0 saturated carbocycles. The molecule has 0 saturated heterocycles. The molecule has 5 nitrogen and oxygen atoms in total. The minimum Gasteiger partial charge on any atom is -0.465 e. The first kappa shape index (κ1) is 11.5. The van der Waals surface area contributed by atoms with Gasteiger partial charge in [-0.2, -0.15) is 0 Å². The summed E-state index contributed by atoms with van der Waals surface area (Å²) in [5.41, 5.74) is 5.81. The van der Waals surface area contributed by atoms with Crippen LogP contribution in [0.4, 0.5) is 5.82 Å². The van der Waals surface area contributed by atoms with Crippen LogP contribution in [0.1, 0.15) is 16.8 Å². The Kier molecular flexibility index (Phi) is 4.56. The van der Waals surface area contributed by atoms with Crippen molar-refractivity contribution in [3.8, 4) is 0 Å². The van der Waals surface area contributed by atoms with E-state index in [-0.39, 0.29) is 0 Å². The molecule has 0 amide bonds. The van der Waals surface area contributed by atoms with Gasteiger partial charge in [0.1, 0.15) is 11.4 Å². The van der Waals surface area contributed by atoms with Gasteiger partial charge < -0.3 is 15.8 Å². The van der Waals surface area contributed by atoms with Gasteiger partial charge in [0.25, 0.3) is 0 Å². The molecule has 0 atom stereocenters. The van der Waals surface area contributed by atoms with E-state index in [0.717, 1.165) is 6.42 Å². The predicted octanol–water partition coefficient (Wildman–Crippen LogP) is 0.629. The molecule has 15 heavy (non-hydrogen) atoms. The maximum absolute atomic E-state index is 11.3. The van der Waals surface area contributed by atoms with E-state index in [1.54, 1.807) is 18.3 Å². The molecular weight excluding hydrogens is 194 g/mol. The summed E-state index contributed by atoms with van der Waals surface area (Å²) < 4.78 is 4.64. The standard InChI is InChI=1S/C10H15N3O2/c1-15-10(14)8-4-2-6-12-9(8)13-7-3-5-11/h2,4,6H,3,5,7,11H2,1H3,(H,12,13). The summed E-state index contributed by atoms with van der Waals surface area (Å²) in [5.74, 6) is 0.149. The summed E-state index contributed by atoms with van der Waals surface area (Å²) in [4.78, 5) is 15.4. The molecule has 0 aliphatic heterocycles. The number of pyridine rings is 1. The number of nitrogens with zero attached hydrogens (tertiary/aromatic N) is 1. The van der Waals surface area contributed by atoms with E-state index in [0.29, 0.717) is 24.5 Å². The zero-order valence-electron chi connectivity index (χ0n) is 8.69. The monoisotopic (exact) mass is 209 g/mol. The van der Waals surface area contributed by atoms with Crippen LogP contribution in [0.25, 0.3) is 0 Å². The van der Waals surface area contributed by atoms with Crippen molar-refractivity contribution in [2.24, 2.45) is 5.73 Å². The molecule has 0 aliphatic carbocycles. The second kappa shape index (κ2) is 5.98. The van der Waals surface area contributed by atoms with Gasteiger partial charge in [0.05, 0.1) is 7.11 Å². The van der Waals surface area contributed by atoms with Gasteiger partial charge in [-0.25, -0.2) is 9.78 Å². The molecular formula is C10H15N3O2. The molecule has 3 N–H and O–H groups in total. The molecule has 5 heteroatoms. The summed E-state index contributed by atoms with van der Waals surface area (Å²) in [6.45, 7) is 1.30. The minimum atomic E-state index is -0.390. The molecule has 1 heterocycles. The second-order valence-corrected chi connectivity index (χ2v) is 2.96. The van der Waals surface area contributed by atoms with Crippen molar-refractivity contribution in [3.63, 3.8) is 0 Å². The topological polar surface area (TPSA) is 77.2 Å². The van der Waals surface area contributed by atoms with Gasteiger partial charge in [-0.05, 0) is 25.1 Å². The van der Waals surface area contributed by atoms with E-state index in [1.807, 2.05) is 0 Å². The molecule has 1 aromatic heterocycles. The Bertz CT molecular complexity index is 328. The van der Waals surface area contributed by atoms with Crippen molar-refractivity contribution in [1.82, 2.24) is 4.98 Å². The lowest BCUT2D eigenvalue weighted by Gasteiger charge is -2.08. The number of aromatic nitrogens is 1. The summed E-state index contributed by atoms with van der Waals surface area (Å²) in [6, 6.07) is 3.37. The summed E-state index contributed by atoms with van der Waals surface area (Å²) >= 11 is 0. The van der Waals surface area contributed by atoms with Crippen LogP contribution in [0.5, 0.6) is 0 Å². The number of methoxy groups -OCH3 is 1. The lowest BCUT2D eigenvalue weighted by molar-refractivity contribution is 0.0601. The molecule has 1 aromatic rings.